The van der Waals surface area contributed by atoms with Gasteiger partial charge in [-0.15, -0.1) is 0 Å². The molecule has 0 amide bonds. The lowest BCUT2D eigenvalue weighted by molar-refractivity contribution is -0.146. The molecule has 1 aliphatic heterocycles. The van der Waals surface area contributed by atoms with Crippen LogP contribution in [0.25, 0.3) is 0 Å². The smallest absolute Gasteiger partial charge is 0.321 e. The highest BCUT2D eigenvalue weighted by Crippen LogP contribution is 2.26. The van der Waals surface area contributed by atoms with Gasteiger partial charge in [-0.05, 0) is 41.3 Å². The Labute approximate surface area is 177 Å². The number of benzene rings is 1. The van der Waals surface area contributed by atoms with Crippen LogP contribution in [0, 0.1) is 5.92 Å². The molecule has 1 saturated heterocycles. The number of aromatic nitrogens is 1. The van der Waals surface area contributed by atoms with E-state index >= 15 is 0 Å². The molecule has 1 N–H and O–H groups in total. The van der Waals surface area contributed by atoms with Crippen LogP contribution in [0.1, 0.15) is 31.4 Å². The molecule has 2 heterocycles. The summed E-state index contributed by atoms with van der Waals surface area (Å²) in [6.45, 7) is 6.32. The molecule has 160 valence electrons. The third-order valence-electron chi connectivity index (χ3n) is 5.46. The van der Waals surface area contributed by atoms with E-state index in [1.165, 1.54) is 0 Å². The van der Waals surface area contributed by atoms with Gasteiger partial charge in [0, 0.05) is 38.4 Å². The predicted octanol–water partition coefficient (Wildman–Crippen LogP) is 2.80. The Balaban J connectivity index is 1.63. The topological polar surface area (TPSA) is 83.0 Å². The van der Waals surface area contributed by atoms with Crippen molar-refractivity contribution in [2.75, 3.05) is 13.1 Å². The number of carbonyl (C=O) groups is 2. The monoisotopic (exact) mass is 411 g/mol. The maximum Gasteiger partial charge on any atom is 0.321 e. The fourth-order valence-electron chi connectivity index (χ4n) is 4.01. The van der Waals surface area contributed by atoms with Crippen molar-refractivity contribution in [1.82, 2.24) is 14.8 Å². The van der Waals surface area contributed by atoms with Crippen LogP contribution in [0.3, 0.4) is 0 Å². The van der Waals surface area contributed by atoms with Crippen molar-refractivity contribution in [2.45, 2.75) is 45.6 Å². The van der Waals surface area contributed by atoms with E-state index in [9.17, 15) is 14.7 Å². The van der Waals surface area contributed by atoms with Crippen LogP contribution in [0.4, 0.5) is 0 Å². The lowest BCUT2D eigenvalue weighted by Crippen LogP contribution is -2.50. The summed E-state index contributed by atoms with van der Waals surface area (Å²) in [5.74, 6) is -0.0827. The second-order valence-electron chi connectivity index (χ2n) is 7.91. The first-order chi connectivity index (χ1) is 14.5. The number of rotatable bonds is 10. The second kappa shape index (κ2) is 10.3. The summed E-state index contributed by atoms with van der Waals surface area (Å²) in [5, 5.41) is 9.66. The van der Waals surface area contributed by atoms with E-state index in [1.54, 1.807) is 12.4 Å². The van der Waals surface area contributed by atoms with Crippen molar-refractivity contribution in [3.05, 3.63) is 59.9 Å². The first kappa shape index (κ1) is 21.9. The van der Waals surface area contributed by atoms with Gasteiger partial charge in [-0.1, -0.05) is 26.0 Å². The average Bonchev–Trinajstić information content (AvgIpc) is 3.10. The summed E-state index contributed by atoms with van der Waals surface area (Å²) >= 11 is 0. The van der Waals surface area contributed by atoms with Gasteiger partial charge in [0.15, 0.2) is 0 Å². The van der Waals surface area contributed by atoms with Crippen LogP contribution in [0.2, 0.25) is 0 Å². The summed E-state index contributed by atoms with van der Waals surface area (Å²) < 4.78 is 5.82. The maximum absolute atomic E-state index is 11.8. The largest absolute Gasteiger partial charge is 0.489 e. The number of ether oxygens (including phenoxy) is 1. The van der Waals surface area contributed by atoms with E-state index < -0.39 is 12.0 Å². The highest BCUT2D eigenvalue weighted by atomic mass is 16.5. The minimum atomic E-state index is -0.835. The van der Waals surface area contributed by atoms with Crippen molar-refractivity contribution < 1.29 is 19.4 Å². The standard InChI is InChI=1S/C23H29N3O4/c1-17(2)22(23(28)29)26-13-12-25(21(26)9-14-27)15-18-3-5-20(6-4-18)30-16-19-7-10-24-11-8-19/h3-8,10-11,14,17,21-22H,9,12-13,15-16H2,1-2H3,(H,28,29). The van der Waals surface area contributed by atoms with Gasteiger partial charge in [-0.25, -0.2) is 0 Å². The number of aliphatic carboxylic acids is 1. The van der Waals surface area contributed by atoms with Gasteiger partial charge < -0.3 is 14.6 Å². The Hall–Kier alpha value is -2.77. The van der Waals surface area contributed by atoms with Gasteiger partial charge in [-0.2, -0.15) is 0 Å². The number of hydrogen-bond donors (Lipinski definition) is 1. The molecule has 1 aromatic heterocycles. The molecule has 0 bridgehead atoms. The lowest BCUT2D eigenvalue weighted by Gasteiger charge is -2.34. The zero-order valence-electron chi connectivity index (χ0n) is 17.5. The fraction of sp³-hybridized carbons (Fsp3) is 0.435. The van der Waals surface area contributed by atoms with Crippen LogP contribution in [0.15, 0.2) is 48.8 Å². The number of nitrogens with zero attached hydrogens (tertiary/aromatic N) is 3. The quantitative estimate of drug-likeness (QED) is 0.602. The van der Waals surface area contributed by atoms with E-state index in [0.717, 1.165) is 29.7 Å². The van der Waals surface area contributed by atoms with Crippen molar-refractivity contribution >= 4 is 12.3 Å². The van der Waals surface area contributed by atoms with Crippen molar-refractivity contribution in [3.63, 3.8) is 0 Å². The normalized spacial score (nSPS) is 18.4. The van der Waals surface area contributed by atoms with Crippen LogP contribution < -0.4 is 4.74 Å². The Morgan fingerprint density at radius 2 is 1.87 bits per heavy atom. The van der Waals surface area contributed by atoms with Gasteiger partial charge >= 0.3 is 5.97 Å². The summed E-state index contributed by atoms with van der Waals surface area (Å²) in [7, 11) is 0. The van der Waals surface area contributed by atoms with Crippen LogP contribution >= 0.6 is 0 Å². The van der Waals surface area contributed by atoms with Crippen LogP contribution in [-0.4, -0.2) is 57.4 Å². The number of carboxylic acids is 1. The molecule has 0 spiro atoms. The molecule has 2 aromatic rings. The summed E-state index contributed by atoms with van der Waals surface area (Å²) in [4.78, 5) is 31.2. The van der Waals surface area contributed by atoms with Gasteiger partial charge in [0.25, 0.3) is 0 Å². The van der Waals surface area contributed by atoms with Gasteiger partial charge in [0.2, 0.25) is 0 Å². The molecule has 7 nitrogen and oxygen atoms in total. The van der Waals surface area contributed by atoms with Crippen molar-refractivity contribution in [2.24, 2.45) is 5.92 Å². The van der Waals surface area contributed by atoms with Crippen molar-refractivity contribution in [3.8, 4) is 5.75 Å². The van der Waals surface area contributed by atoms with E-state index in [4.69, 9.17) is 4.74 Å². The van der Waals surface area contributed by atoms with E-state index in [1.807, 2.05) is 55.1 Å². The molecule has 0 aliphatic carbocycles. The third kappa shape index (κ3) is 5.43. The van der Waals surface area contributed by atoms with Gasteiger partial charge in [0.05, 0.1) is 6.17 Å². The summed E-state index contributed by atoms with van der Waals surface area (Å²) in [6, 6.07) is 11.1. The molecule has 0 saturated carbocycles. The molecular formula is C23H29N3O4. The Kier molecular flexibility index (Phi) is 7.54. The van der Waals surface area contributed by atoms with E-state index in [-0.39, 0.29) is 12.1 Å². The molecule has 7 heteroatoms. The Bertz CT molecular complexity index is 826. The van der Waals surface area contributed by atoms with Gasteiger partial charge in [0.1, 0.15) is 24.7 Å². The minimum absolute atomic E-state index is 0.0339. The maximum atomic E-state index is 11.8. The van der Waals surface area contributed by atoms with Crippen molar-refractivity contribution in [1.29, 1.82) is 0 Å². The predicted molar refractivity (Wildman–Crippen MR) is 113 cm³/mol. The van der Waals surface area contributed by atoms with E-state index in [2.05, 4.69) is 9.88 Å². The SMILES string of the molecule is CC(C)C(C(=O)O)N1CCN(Cc2ccc(OCc3ccncc3)cc2)C1CC=O. The number of carboxylic acid groups (broad SMARTS) is 1. The molecule has 30 heavy (non-hydrogen) atoms. The molecule has 2 atom stereocenters. The molecule has 2 unspecified atom stereocenters. The van der Waals surface area contributed by atoms with Gasteiger partial charge in [-0.3, -0.25) is 19.6 Å². The zero-order valence-corrected chi connectivity index (χ0v) is 17.5. The molecule has 1 aliphatic rings. The molecule has 0 radical (unpaired) electrons. The molecule has 1 fully saturated rings. The first-order valence-electron chi connectivity index (χ1n) is 10.3. The summed E-state index contributed by atoms with van der Waals surface area (Å²) in [6.07, 6.45) is 4.46. The third-order valence-corrected chi connectivity index (χ3v) is 5.46. The molecular weight excluding hydrogens is 382 g/mol. The minimum Gasteiger partial charge on any atom is -0.489 e. The highest BCUT2D eigenvalue weighted by Gasteiger charge is 2.40. The van der Waals surface area contributed by atoms with Crippen LogP contribution in [-0.2, 0) is 22.7 Å². The highest BCUT2D eigenvalue weighted by molar-refractivity contribution is 5.74. The first-order valence-corrected chi connectivity index (χ1v) is 10.3. The van der Waals surface area contributed by atoms with E-state index in [0.29, 0.717) is 26.1 Å². The fourth-order valence-corrected chi connectivity index (χ4v) is 4.01. The number of hydrogen-bond acceptors (Lipinski definition) is 6. The Morgan fingerprint density at radius 1 is 1.17 bits per heavy atom. The Morgan fingerprint density at radius 3 is 2.47 bits per heavy atom. The number of aldehydes is 1. The average molecular weight is 412 g/mol. The molecule has 3 rings (SSSR count). The number of carbonyl (C=O) groups excluding carboxylic acids is 1. The van der Waals surface area contributed by atoms with Crippen LogP contribution in [0.5, 0.6) is 5.75 Å². The number of pyridine rings is 1. The zero-order chi connectivity index (χ0) is 21.5. The summed E-state index contributed by atoms with van der Waals surface area (Å²) in [5.41, 5.74) is 2.15. The lowest BCUT2D eigenvalue weighted by atomic mass is 10.0. The second-order valence-corrected chi connectivity index (χ2v) is 7.91. The molecule has 1 aromatic carbocycles.